The minimum Gasteiger partial charge on any atom is -0.453 e. The molecule has 2 aliphatic heterocycles. The molecule has 0 saturated carbocycles. The number of imidazole rings is 1. The molecule has 3 amide bonds. The van der Waals surface area contributed by atoms with Gasteiger partial charge in [-0.25, -0.2) is 14.6 Å². The van der Waals surface area contributed by atoms with Gasteiger partial charge in [-0.2, -0.15) is 0 Å². The molecule has 196 valence electrons. The van der Waals surface area contributed by atoms with Crippen molar-refractivity contribution in [3.63, 3.8) is 0 Å². The Bertz CT molecular complexity index is 1420. The molecule has 0 radical (unpaired) electrons. The van der Waals surface area contributed by atoms with Gasteiger partial charge in [-0.3, -0.25) is 15.0 Å². The molecule has 2 aliphatic rings. The summed E-state index contributed by atoms with van der Waals surface area (Å²) in [6.07, 6.45) is 4.04. The molecule has 38 heavy (non-hydrogen) atoms. The number of amides is 3. The minimum absolute atomic E-state index is 0.168. The largest absolute Gasteiger partial charge is 0.453 e. The van der Waals surface area contributed by atoms with Gasteiger partial charge in [0.15, 0.2) is 5.82 Å². The third kappa shape index (κ3) is 5.50. The smallest absolute Gasteiger partial charge is 0.415 e. The van der Waals surface area contributed by atoms with E-state index in [1.807, 2.05) is 18.2 Å². The molecule has 2 bridgehead atoms. The summed E-state index contributed by atoms with van der Waals surface area (Å²) in [6, 6.07) is 12.4. The number of aromatic amines is 1. The van der Waals surface area contributed by atoms with E-state index in [2.05, 4.69) is 25.3 Å². The minimum atomic E-state index is -0.617. The van der Waals surface area contributed by atoms with E-state index in [-0.39, 0.29) is 18.4 Å². The number of fused-ring (bicyclic) bond motifs is 4. The van der Waals surface area contributed by atoms with Gasteiger partial charge in [-0.05, 0) is 48.7 Å². The lowest BCUT2D eigenvalue weighted by Crippen LogP contribution is -2.38. The van der Waals surface area contributed by atoms with Gasteiger partial charge < -0.3 is 19.8 Å². The first-order chi connectivity index (χ1) is 18.4. The summed E-state index contributed by atoms with van der Waals surface area (Å²) in [6.45, 7) is 0.428. The number of benzene rings is 2. The van der Waals surface area contributed by atoms with Crippen molar-refractivity contribution in [2.45, 2.75) is 31.8 Å². The van der Waals surface area contributed by atoms with E-state index in [1.54, 1.807) is 41.4 Å². The van der Waals surface area contributed by atoms with Crippen LogP contribution in [0.25, 0.3) is 17.0 Å². The second-order valence-corrected chi connectivity index (χ2v) is 9.36. The first-order valence-electron chi connectivity index (χ1n) is 12.2. The maximum absolute atomic E-state index is 13.1. The topological polar surface area (TPSA) is 126 Å². The fourth-order valence-electron chi connectivity index (χ4n) is 4.51. The predicted molar refractivity (Wildman–Crippen MR) is 143 cm³/mol. The van der Waals surface area contributed by atoms with Crippen LogP contribution in [0.1, 0.15) is 43.2 Å². The maximum Gasteiger partial charge on any atom is 0.415 e. The standard InChI is InChI=1S/C27H26ClN5O5/c1-37-26(35)30-18-9-10-19-20(14-18)31-24(34)8-3-2-7-22(25-29-15-21(19)32-25)33-12-11-23(38-27(33)36)16-5-4-6-17(28)13-16/h4-7,9-10,13-15,23H,2-3,8,11-12H2,1H3,(H,29,32)(H,30,35)(H,31,34)/b22-7+. The Morgan fingerprint density at radius 1 is 1.24 bits per heavy atom. The molecule has 3 aromatic rings. The maximum atomic E-state index is 13.1. The van der Waals surface area contributed by atoms with Gasteiger partial charge in [-0.15, -0.1) is 0 Å². The summed E-state index contributed by atoms with van der Waals surface area (Å²) >= 11 is 6.12. The summed E-state index contributed by atoms with van der Waals surface area (Å²) in [4.78, 5) is 46.9. The molecule has 1 fully saturated rings. The Morgan fingerprint density at radius 2 is 2.11 bits per heavy atom. The summed E-state index contributed by atoms with van der Waals surface area (Å²) in [5.41, 5.74) is 3.73. The molecule has 0 spiro atoms. The number of nitrogens with one attached hydrogen (secondary N) is 3. The van der Waals surface area contributed by atoms with Gasteiger partial charge in [0, 0.05) is 35.7 Å². The van der Waals surface area contributed by atoms with Crippen molar-refractivity contribution in [3.8, 4) is 11.3 Å². The van der Waals surface area contributed by atoms with Gasteiger partial charge in [-0.1, -0.05) is 29.8 Å². The first kappa shape index (κ1) is 25.3. The normalized spacial score (nSPS) is 19.1. The number of hydrogen-bond donors (Lipinski definition) is 3. The van der Waals surface area contributed by atoms with E-state index >= 15 is 0 Å². The van der Waals surface area contributed by atoms with Crippen molar-refractivity contribution in [1.82, 2.24) is 14.9 Å². The number of carbonyl (C=O) groups is 3. The highest BCUT2D eigenvalue weighted by atomic mass is 35.5. The molecule has 3 N–H and O–H groups in total. The molecule has 10 nitrogen and oxygen atoms in total. The Kier molecular flexibility index (Phi) is 7.32. The van der Waals surface area contributed by atoms with Crippen LogP contribution in [0.2, 0.25) is 5.02 Å². The quantitative estimate of drug-likeness (QED) is 0.380. The molecule has 11 heteroatoms. The summed E-state index contributed by atoms with van der Waals surface area (Å²) in [5.74, 6) is 0.339. The lowest BCUT2D eigenvalue weighted by Gasteiger charge is -2.33. The second-order valence-electron chi connectivity index (χ2n) is 8.92. The number of cyclic esters (lactones) is 1. The van der Waals surface area contributed by atoms with Crippen LogP contribution in [0.3, 0.4) is 0 Å². The van der Waals surface area contributed by atoms with E-state index < -0.39 is 12.2 Å². The fraction of sp³-hybridized carbons (Fsp3) is 0.259. The number of nitrogens with zero attached hydrogens (tertiary/aromatic N) is 2. The number of ether oxygens (including phenoxy) is 2. The number of allylic oxidation sites excluding steroid dienone is 1. The van der Waals surface area contributed by atoms with Crippen molar-refractivity contribution >= 4 is 46.8 Å². The molecule has 1 saturated heterocycles. The zero-order chi connectivity index (χ0) is 26.6. The average molecular weight is 536 g/mol. The third-order valence-corrected chi connectivity index (χ3v) is 6.60. The van der Waals surface area contributed by atoms with Gasteiger partial charge in [0.1, 0.15) is 6.10 Å². The highest BCUT2D eigenvalue weighted by Crippen LogP contribution is 2.35. The molecule has 1 atom stereocenters. The van der Waals surface area contributed by atoms with E-state index in [9.17, 15) is 14.4 Å². The summed E-state index contributed by atoms with van der Waals surface area (Å²) in [5, 5.41) is 6.11. The molecule has 1 aromatic heterocycles. The summed E-state index contributed by atoms with van der Waals surface area (Å²) in [7, 11) is 1.28. The van der Waals surface area contributed by atoms with Crippen molar-refractivity contribution < 1.29 is 23.9 Å². The Balaban J connectivity index is 1.44. The number of hydrogen-bond acceptors (Lipinski definition) is 6. The Labute approximate surface area is 224 Å². The van der Waals surface area contributed by atoms with E-state index in [0.29, 0.717) is 65.0 Å². The number of H-pyrrole nitrogens is 1. The van der Waals surface area contributed by atoms with E-state index in [4.69, 9.17) is 16.3 Å². The zero-order valence-electron chi connectivity index (χ0n) is 20.6. The number of methoxy groups -OCH3 is 1. The number of aromatic nitrogens is 2. The highest BCUT2D eigenvalue weighted by molar-refractivity contribution is 6.30. The lowest BCUT2D eigenvalue weighted by molar-refractivity contribution is -0.116. The first-order valence-corrected chi connectivity index (χ1v) is 12.6. The highest BCUT2D eigenvalue weighted by Gasteiger charge is 2.32. The van der Waals surface area contributed by atoms with Crippen LogP contribution in [0, 0.1) is 0 Å². The van der Waals surface area contributed by atoms with Crippen molar-refractivity contribution in [1.29, 1.82) is 0 Å². The van der Waals surface area contributed by atoms with Crippen LogP contribution in [0.5, 0.6) is 0 Å². The van der Waals surface area contributed by atoms with Gasteiger partial charge >= 0.3 is 12.2 Å². The van der Waals surface area contributed by atoms with E-state index in [0.717, 1.165) is 5.56 Å². The molecule has 0 aliphatic carbocycles. The molecule has 5 rings (SSSR count). The predicted octanol–water partition coefficient (Wildman–Crippen LogP) is 5.96. The van der Waals surface area contributed by atoms with Crippen LogP contribution in [-0.2, 0) is 14.3 Å². The fourth-order valence-corrected chi connectivity index (χ4v) is 4.71. The molecule has 3 heterocycles. The molecular weight excluding hydrogens is 510 g/mol. The number of halogens is 1. The number of anilines is 2. The zero-order valence-corrected chi connectivity index (χ0v) is 21.4. The van der Waals surface area contributed by atoms with Gasteiger partial charge in [0.05, 0.1) is 30.4 Å². The van der Waals surface area contributed by atoms with Crippen LogP contribution in [-0.4, -0.2) is 46.6 Å². The van der Waals surface area contributed by atoms with Crippen molar-refractivity contribution in [2.24, 2.45) is 0 Å². The lowest BCUT2D eigenvalue weighted by atomic mass is 10.0. The molecular formula is C27H26ClN5O5. The second kappa shape index (κ2) is 11.0. The van der Waals surface area contributed by atoms with Crippen LogP contribution in [0.4, 0.5) is 21.0 Å². The van der Waals surface area contributed by atoms with Crippen LogP contribution in [0.15, 0.2) is 54.7 Å². The Hall–Kier alpha value is -4.31. The van der Waals surface area contributed by atoms with Crippen molar-refractivity contribution in [2.75, 3.05) is 24.3 Å². The monoisotopic (exact) mass is 535 g/mol. The van der Waals surface area contributed by atoms with E-state index in [1.165, 1.54) is 7.11 Å². The molecule has 1 unspecified atom stereocenters. The van der Waals surface area contributed by atoms with Crippen LogP contribution >= 0.6 is 11.6 Å². The van der Waals surface area contributed by atoms with Gasteiger partial charge in [0.2, 0.25) is 5.91 Å². The third-order valence-electron chi connectivity index (χ3n) is 6.37. The average Bonchev–Trinajstić information content (AvgIpc) is 3.38. The van der Waals surface area contributed by atoms with Gasteiger partial charge in [0.25, 0.3) is 0 Å². The van der Waals surface area contributed by atoms with Crippen molar-refractivity contribution in [3.05, 3.63) is 71.1 Å². The SMILES string of the molecule is COC(=O)Nc1ccc2c(c1)NC(=O)CCC/C=C(/N1CCC(c3cccc(Cl)c3)OC1=O)c1ncc-2[nH]1. The number of carbonyl (C=O) groups excluding carboxylic acids is 3. The summed E-state index contributed by atoms with van der Waals surface area (Å²) < 4.78 is 10.4. The molecule has 2 aromatic carbocycles. The Morgan fingerprint density at radius 3 is 2.89 bits per heavy atom. The number of rotatable bonds is 3. The van der Waals surface area contributed by atoms with Crippen LogP contribution < -0.4 is 10.6 Å².